The summed E-state index contributed by atoms with van der Waals surface area (Å²) in [4.78, 5) is 49.8. The van der Waals surface area contributed by atoms with Gasteiger partial charge in [-0.1, -0.05) is 0 Å². The maximum Gasteiger partial charge on any atom is 0.337 e. The van der Waals surface area contributed by atoms with E-state index in [4.69, 9.17) is 9.47 Å². The van der Waals surface area contributed by atoms with E-state index in [1.54, 1.807) is 48.5 Å². The van der Waals surface area contributed by atoms with Crippen molar-refractivity contribution in [3.05, 3.63) is 54.1 Å². The quantitative estimate of drug-likeness (QED) is 0.628. The maximum absolute atomic E-state index is 12.4. The predicted molar refractivity (Wildman–Crippen MR) is 115 cm³/mol. The lowest BCUT2D eigenvalue weighted by Crippen LogP contribution is -2.28. The zero-order chi connectivity index (χ0) is 23.1. The van der Waals surface area contributed by atoms with Crippen molar-refractivity contribution in [2.24, 2.45) is 5.92 Å². The van der Waals surface area contributed by atoms with Crippen LogP contribution in [0.1, 0.15) is 23.7 Å². The topological polar surface area (TPSA) is 111 Å². The second kappa shape index (κ2) is 10.4. The fourth-order valence-electron chi connectivity index (χ4n) is 3.26. The first-order valence-corrected chi connectivity index (χ1v) is 10.1. The van der Waals surface area contributed by atoms with Crippen LogP contribution in [0.25, 0.3) is 0 Å². The molecule has 0 spiro atoms. The van der Waals surface area contributed by atoms with E-state index < -0.39 is 30.4 Å². The fourth-order valence-corrected chi connectivity index (χ4v) is 3.26. The zero-order valence-corrected chi connectivity index (χ0v) is 17.8. The van der Waals surface area contributed by atoms with Gasteiger partial charge in [-0.2, -0.15) is 0 Å². The SMILES string of the molecule is CCOc1ccc(NC(=O)COC(=O)[C@H]2CC(=O)N(c3ccc(C(=O)OC)cc3)C2)cc1. The molecule has 1 heterocycles. The molecule has 168 valence electrons. The molecule has 1 aliphatic rings. The Bertz CT molecular complexity index is 986. The summed E-state index contributed by atoms with van der Waals surface area (Å²) < 4.78 is 15.1. The molecule has 0 aromatic heterocycles. The number of nitrogens with one attached hydrogen (secondary N) is 1. The molecular formula is C23H24N2O7. The smallest absolute Gasteiger partial charge is 0.337 e. The number of methoxy groups -OCH3 is 1. The largest absolute Gasteiger partial charge is 0.494 e. The summed E-state index contributed by atoms with van der Waals surface area (Å²) >= 11 is 0. The van der Waals surface area contributed by atoms with E-state index in [2.05, 4.69) is 10.1 Å². The summed E-state index contributed by atoms with van der Waals surface area (Å²) in [6.07, 6.45) is -0.0158. The van der Waals surface area contributed by atoms with E-state index in [0.717, 1.165) is 0 Å². The van der Waals surface area contributed by atoms with Crippen LogP contribution in [-0.2, 0) is 23.9 Å². The molecule has 2 aromatic rings. The van der Waals surface area contributed by atoms with Gasteiger partial charge in [0.15, 0.2) is 6.61 Å². The van der Waals surface area contributed by atoms with Crippen LogP contribution in [0, 0.1) is 5.92 Å². The van der Waals surface area contributed by atoms with E-state index in [1.165, 1.54) is 12.0 Å². The minimum Gasteiger partial charge on any atom is -0.494 e. The molecule has 0 saturated carbocycles. The van der Waals surface area contributed by atoms with Gasteiger partial charge in [-0.05, 0) is 55.5 Å². The van der Waals surface area contributed by atoms with Crippen molar-refractivity contribution in [1.82, 2.24) is 0 Å². The Morgan fingerprint density at radius 1 is 1.06 bits per heavy atom. The Kier molecular flexibility index (Phi) is 7.43. The van der Waals surface area contributed by atoms with Crippen molar-refractivity contribution in [2.75, 3.05) is 37.1 Å². The van der Waals surface area contributed by atoms with Crippen LogP contribution in [0.3, 0.4) is 0 Å². The summed E-state index contributed by atoms with van der Waals surface area (Å²) in [5, 5.41) is 2.63. The van der Waals surface area contributed by atoms with Crippen LogP contribution in [0.15, 0.2) is 48.5 Å². The third-order valence-corrected chi connectivity index (χ3v) is 4.85. The molecule has 9 nitrogen and oxygen atoms in total. The van der Waals surface area contributed by atoms with Gasteiger partial charge in [0.1, 0.15) is 5.75 Å². The predicted octanol–water partition coefficient (Wildman–Crippen LogP) is 2.41. The van der Waals surface area contributed by atoms with Gasteiger partial charge >= 0.3 is 11.9 Å². The lowest BCUT2D eigenvalue weighted by Gasteiger charge is -2.16. The van der Waals surface area contributed by atoms with E-state index in [1.807, 2.05) is 6.92 Å². The van der Waals surface area contributed by atoms with Crippen LogP contribution in [0.4, 0.5) is 11.4 Å². The lowest BCUT2D eigenvalue weighted by atomic mass is 10.1. The highest BCUT2D eigenvalue weighted by Crippen LogP contribution is 2.26. The Labute approximate surface area is 185 Å². The molecule has 1 saturated heterocycles. The van der Waals surface area contributed by atoms with Gasteiger partial charge in [0.05, 0.1) is 25.2 Å². The van der Waals surface area contributed by atoms with Crippen LogP contribution in [-0.4, -0.2) is 50.6 Å². The standard InChI is InChI=1S/C23H24N2O7/c1-3-31-19-10-6-17(7-11-19)24-20(26)14-32-23(29)16-12-21(27)25(13-16)18-8-4-15(5-9-18)22(28)30-2/h4-11,16H,3,12-14H2,1-2H3,(H,24,26)/t16-/m0/s1. The number of anilines is 2. The highest BCUT2D eigenvalue weighted by atomic mass is 16.5. The summed E-state index contributed by atoms with van der Waals surface area (Å²) in [5.41, 5.74) is 1.47. The van der Waals surface area contributed by atoms with Gasteiger partial charge in [0.25, 0.3) is 5.91 Å². The third kappa shape index (κ3) is 5.63. The first-order chi connectivity index (χ1) is 15.4. The Balaban J connectivity index is 1.50. The second-order valence-electron chi connectivity index (χ2n) is 7.06. The van der Waals surface area contributed by atoms with E-state index >= 15 is 0 Å². The molecule has 1 atom stereocenters. The zero-order valence-electron chi connectivity index (χ0n) is 17.8. The number of benzene rings is 2. The number of esters is 2. The van der Waals surface area contributed by atoms with Crippen LogP contribution in [0.2, 0.25) is 0 Å². The molecule has 1 aliphatic heterocycles. The number of carbonyl (C=O) groups excluding carboxylic acids is 4. The van der Waals surface area contributed by atoms with Crippen molar-refractivity contribution in [1.29, 1.82) is 0 Å². The number of nitrogens with zero attached hydrogens (tertiary/aromatic N) is 1. The van der Waals surface area contributed by atoms with E-state index in [9.17, 15) is 19.2 Å². The first kappa shape index (κ1) is 22.8. The highest BCUT2D eigenvalue weighted by Gasteiger charge is 2.36. The van der Waals surface area contributed by atoms with Crippen LogP contribution in [0.5, 0.6) is 5.75 Å². The molecule has 1 fully saturated rings. The van der Waals surface area contributed by atoms with Gasteiger partial charge in [0, 0.05) is 24.3 Å². The average molecular weight is 440 g/mol. The van der Waals surface area contributed by atoms with Gasteiger partial charge in [-0.25, -0.2) is 4.79 Å². The van der Waals surface area contributed by atoms with E-state index in [-0.39, 0.29) is 18.9 Å². The van der Waals surface area contributed by atoms with Crippen molar-refractivity contribution < 1.29 is 33.4 Å². The van der Waals surface area contributed by atoms with E-state index in [0.29, 0.717) is 29.3 Å². The van der Waals surface area contributed by atoms with Crippen LogP contribution >= 0.6 is 0 Å². The average Bonchev–Trinajstić information content (AvgIpc) is 3.20. The number of carbonyl (C=O) groups is 4. The molecule has 0 radical (unpaired) electrons. The molecule has 0 bridgehead atoms. The Hall–Kier alpha value is -3.88. The lowest BCUT2D eigenvalue weighted by molar-refractivity contribution is -0.151. The normalized spacial score (nSPS) is 15.2. The minimum absolute atomic E-state index is 0.0158. The third-order valence-electron chi connectivity index (χ3n) is 4.85. The minimum atomic E-state index is -0.680. The second-order valence-corrected chi connectivity index (χ2v) is 7.06. The van der Waals surface area contributed by atoms with Crippen molar-refractivity contribution in [3.63, 3.8) is 0 Å². The van der Waals surface area contributed by atoms with Crippen LogP contribution < -0.4 is 15.0 Å². The monoisotopic (exact) mass is 440 g/mol. The van der Waals surface area contributed by atoms with Gasteiger partial charge < -0.3 is 24.4 Å². The van der Waals surface area contributed by atoms with Crippen molar-refractivity contribution >= 4 is 35.1 Å². The summed E-state index contributed by atoms with van der Waals surface area (Å²) in [7, 11) is 1.29. The number of hydrogen-bond donors (Lipinski definition) is 1. The number of hydrogen-bond acceptors (Lipinski definition) is 7. The van der Waals surface area contributed by atoms with Gasteiger partial charge in [-0.15, -0.1) is 0 Å². The molecular weight excluding hydrogens is 416 g/mol. The van der Waals surface area contributed by atoms with Gasteiger partial charge in [-0.3, -0.25) is 14.4 Å². The van der Waals surface area contributed by atoms with Crippen molar-refractivity contribution in [2.45, 2.75) is 13.3 Å². The van der Waals surface area contributed by atoms with Crippen molar-refractivity contribution in [3.8, 4) is 5.75 Å². The number of amides is 2. The molecule has 9 heteroatoms. The summed E-state index contributed by atoms with van der Waals surface area (Å²) in [5.74, 6) is -1.81. The number of ether oxygens (including phenoxy) is 3. The number of rotatable bonds is 8. The molecule has 0 aliphatic carbocycles. The highest BCUT2D eigenvalue weighted by molar-refractivity contribution is 6.00. The molecule has 2 aromatic carbocycles. The first-order valence-electron chi connectivity index (χ1n) is 10.1. The maximum atomic E-state index is 12.4. The Morgan fingerprint density at radius 3 is 2.38 bits per heavy atom. The molecule has 1 N–H and O–H groups in total. The molecule has 3 rings (SSSR count). The fraction of sp³-hybridized carbons (Fsp3) is 0.304. The summed E-state index contributed by atoms with van der Waals surface area (Å²) in [6, 6.07) is 13.1. The molecule has 0 unspecified atom stereocenters. The Morgan fingerprint density at radius 2 is 1.75 bits per heavy atom. The summed E-state index contributed by atoms with van der Waals surface area (Å²) in [6.45, 7) is 2.10. The van der Waals surface area contributed by atoms with Gasteiger partial charge in [0.2, 0.25) is 5.91 Å². The molecule has 32 heavy (non-hydrogen) atoms. The molecule has 2 amide bonds.